The molecule has 2 aliphatic rings. The van der Waals surface area contributed by atoms with Crippen molar-refractivity contribution in [2.24, 2.45) is 0 Å². The summed E-state index contributed by atoms with van der Waals surface area (Å²) >= 11 is 1.73. The van der Waals surface area contributed by atoms with E-state index in [0.717, 1.165) is 6.42 Å². The molecular formula is C16H26BaOS. The molecule has 1 N–H and O–H groups in total. The number of rotatable bonds is 8. The molecule has 3 heteroatoms. The molecule has 0 aromatic carbocycles. The third-order valence-electron chi connectivity index (χ3n) is 4.06. The average Bonchev–Trinajstić information content (AvgIpc) is 2.95. The van der Waals surface area contributed by atoms with Gasteiger partial charge in [0.1, 0.15) is 4.93 Å². The summed E-state index contributed by atoms with van der Waals surface area (Å²) in [5, 5.41) is 10.4. The first-order valence-corrected chi connectivity index (χ1v) is 8.31. The quantitative estimate of drug-likeness (QED) is 0.367. The Kier molecular flexibility index (Phi) is 7.86. The molecule has 2 unspecified atom stereocenters. The van der Waals surface area contributed by atoms with E-state index in [1.807, 2.05) is 6.08 Å². The molecule has 0 aromatic rings. The Morgan fingerprint density at radius 1 is 1.11 bits per heavy atom. The molecule has 0 aromatic heterocycles. The summed E-state index contributed by atoms with van der Waals surface area (Å²) in [6.45, 7) is 4.48. The van der Waals surface area contributed by atoms with Crippen molar-refractivity contribution in [3.8, 4) is 0 Å². The van der Waals surface area contributed by atoms with Crippen molar-refractivity contribution in [1.29, 1.82) is 0 Å². The van der Waals surface area contributed by atoms with Crippen LogP contribution in [0, 0.1) is 0 Å². The Morgan fingerprint density at radius 2 is 1.79 bits per heavy atom. The molecule has 1 fully saturated rings. The largest absolute Gasteiger partial charge is 0.374 e. The van der Waals surface area contributed by atoms with Crippen LogP contribution >= 0.6 is 11.8 Å². The number of allylic oxidation sites excluding steroid dienone is 2. The number of hydrogen-bond acceptors (Lipinski definition) is 2. The van der Waals surface area contributed by atoms with E-state index in [9.17, 15) is 5.11 Å². The minimum Gasteiger partial charge on any atom is -0.374 e. The van der Waals surface area contributed by atoms with E-state index in [0.29, 0.717) is 0 Å². The maximum Gasteiger partial charge on any atom is 0.148 e. The number of unbranched alkanes of at least 4 members (excludes halogenated alkanes) is 4. The normalized spacial score (nSPS) is 31.4. The fourth-order valence-electron chi connectivity index (χ4n) is 2.80. The molecule has 104 valence electrons. The van der Waals surface area contributed by atoms with Crippen LogP contribution in [0.4, 0.5) is 0 Å². The van der Waals surface area contributed by atoms with Crippen molar-refractivity contribution < 1.29 is 5.11 Å². The molecule has 1 heterocycles. The number of fused-ring (bicyclic) bond motifs is 1. The smallest absolute Gasteiger partial charge is 0.148 e. The summed E-state index contributed by atoms with van der Waals surface area (Å²) in [4.78, 5) is -0.574. The molecule has 0 amide bonds. The van der Waals surface area contributed by atoms with Crippen molar-refractivity contribution in [2.45, 2.75) is 74.9 Å². The number of thioether (sulfide) groups is 1. The first-order chi connectivity index (χ1) is 8.66. The van der Waals surface area contributed by atoms with Crippen LogP contribution in [0.25, 0.3) is 0 Å². The Hall–Kier alpha value is 1.36. The average molecular weight is 404 g/mol. The third-order valence-corrected chi connectivity index (χ3v) is 5.67. The van der Waals surface area contributed by atoms with E-state index in [1.165, 1.54) is 50.5 Å². The van der Waals surface area contributed by atoms with Crippen molar-refractivity contribution in [3.63, 3.8) is 0 Å². The molecule has 1 aliphatic heterocycles. The number of aliphatic hydroxyl groups is 1. The zero-order valence-electron chi connectivity index (χ0n) is 12.5. The molecule has 2 radical (unpaired) electrons. The van der Waals surface area contributed by atoms with Crippen LogP contribution in [0.15, 0.2) is 23.8 Å². The Labute approximate surface area is 162 Å². The second-order valence-corrected chi connectivity index (χ2v) is 7.21. The summed E-state index contributed by atoms with van der Waals surface area (Å²) in [5.74, 6) is 0. The fraction of sp³-hybridized carbons (Fsp3) is 0.750. The predicted octanol–water partition coefficient (Wildman–Crippen LogP) is 4.44. The van der Waals surface area contributed by atoms with Crippen LogP contribution in [-0.2, 0) is 0 Å². The molecule has 0 bridgehead atoms. The van der Waals surface area contributed by atoms with Crippen molar-refractivity contribution in [3.05, 3.63) is 23.8 Å². The van der Waals surface area contributed by atoms with Gasteiger partial charge in [0.05, 0.1) is 4.75 Å². The minimum absolute atomic E-state index is 0. The van der Waals surface area contributed by atoms with Gasteiger partial charge in [0.25, 0.3) is 0 Å². The van der Waals surface area contributed by atoms with Gasteiger partial charge in [-0.05, 0) is 25.3 Å². The zero-order valence-corrected chi connectivity index (χ0v) is 17.7. The van der Waals surface area contributed by atoms with Crippen LogP contribution in [0.1, 0.15) is 65.2 Å². The Balaban J connectivity index is 0.00000180. The topological polar surface area (TPSA) is 20.2 Å². The Morgan fingerprint density at radius 3 is 2.47 bits per heavy atom. The van der Waals surface area contributed by atoms with Gasteiger partial charge in [0.2, 0.25) is 0 Å². The van der Waals surface area contributed by atoms with E-state index in [2.05, 4.69) is 26.0 Å². The summed E-state index contributed by atoms with van der Waals surface area (Å²) < 4.78 is 0.0263. The number of hydrogen-bond donors (Lipinski definition) is 1. The fourth-order valence-corrected chi connectivity index (χ4v) is 4.13. The zero-order chi connectivity index (χ0) is 13.1. The van der Waals surface area contributed by atoms with Crippen molar-refractivity contribution >= 4 is 60.6 Å². The third kappa shape index (κ3) is 4.41. The van der Waals surface area contributed by atoms with Crippen LogP contribution in [0.5, 0.6) is 0 Å². The Bertz CT molecular complexity index is 353. The molecule has 19 heavy (non-hydrogen) atoms. The molecule has 2 atom stereocenters. The van der Waals surface area contributed by atoms with Crippen LogP contribution in [-0.4, -0.2) is 63.7 Å². The molecule has 1 saturated heterocycles. The summed E-state index contributed by atoms with van der Waals surface area (Å²) in [6, 6.07) is 0. The van der Waals surface area contributed by atoms with Gasteiger partial charge in [0, 0.05) is 48.9 Å². The molecule has 1 nitrogen and oxygen atoms in total. The molecule has 1 aliphatic carbocycles. The molecular weight excluding hydrogens is 378 g/mol. The summed E-state index contributed by atoms with van der Waals surface area (Å²) in [7, 11) is 0. The van der Waals surface area contributed by atoms with E-state index < -0.39 is 4.93 Å². The van der Waals surface area contributed by atoms with Crippen LogP contribution < -0.4 is 0 Å². The summed E-state index contributed by atoms with van der Waals surface area (Å²) in [6.07, 6.45) is 16.5. The van der Waals surface area contributed by atoms with E-state index in [4.69, 9.17) is 0 Å². The second kappa shape index (κ2) is 8.12. The van der Waals surface area contributed by atoms with Gasteiger partial charge in [-0.2, -0.15) is 0 Å². The van der Waals surface area contributed by atoms with Crippen molar-refractivity contribution in [1.82, 2.24) is 0 Å². The van der Waals surface area contributed by atoms with Gasteiger partial charge in [-0.15, -0.1) is 11.8 Å². The second-order valence-electron chi connectivity index (χ2n) is 5.65. The predicted molar refractivity (Wildman–Crippen MR) is 86.5 cm³/mol. The maximum absolute atomic E-state index is 10.4. The van der Waals surface area contributed by atoms with E-state index in [-0.39, 0.29) is 53.6 Å². The van der Waals surface area contributed by atoms with Gasteiger partial charge >= 0.3 is 0 Å². The molecule has 0 spiro atoms. The summed E-state index contributed by atoms with van der Waals surface area (Å²) in [5.41, 5.74) is 1.44. The van der Waals surface area contributed by atoms with Gasteiger partial charge in [-0.3, -0.25) is 0 Å². The van der Waals surface area contributed by atoms with Gasteiger partial charge in [-0.25, -0.2) is 0 Å². The monoisotopic (exact) mass is 404 g/mol. The van der Waals surface area contributed by atoms with Gasteiger partial charge < -0.3 is 5.11 Å². The first-order valence-electron chi connectivity index (χ1n) is 7.49. The first kappa shape index (κ1) is 18.4. The maximum atomic E-state index is 10.4. The van der Waals surface area contributed by atoms with Crippen LogP contribution in [0.2, 0.25) is 0 Å². The minimum atomic E-state index is -0.574. The van der Waals surface area contributed by atoms with Crippen LogP contribution in [0.3, 0.4) is 0 Å². The van der Waals surface area contributed by atoms with Gasteiger partial charge in [0.15, 0.2) is 0 Å². The molecule has 2 rings (SSSR count). The SMILES string of the molecule is CCCCCC1=CC2(CCCCC)SC2(O)C=C1.[Ba]. The van der Waals surface area contributed by atoms with Gasteiger partial charge in [-0.1, -0.05) is 63.7 Å². The standard InChI is InChI=1S/C16H26OS.Ba/c1-3-5-7-9-14-10-12-16(17)15(13-14,18-16)11-8-6-4-2;/h10,12-13,17H,3-9,11H2,1-2H3;. The van der Waals surface area contributed by atoms with E-state index >= 15 is 0 Å². The molecule has 0 saturated carbocycles. The van der Waals surface area contributed by atoms with E-state index in [1.54, 1.807) is 11.8 Å². The van der Waals surface area contributed by atoms with Crippen molar-refractivity contribution in [2.75, 3.05) is 0 Å².